The van der Waals surface area contributed by atoms with E-state index in [0.29, 0.717) is 5.75 Å². The summed E-state index contributed by atoms with van der Waals surface area (Å²) in [6.45, 7) is 18.8. The van der Waals surface area contributed by atoms with Gasteiger partial charge in [0.05, 0.1) is 6.61 Å². The van der Waals surface area contributed by atoms with Crippen molar-refractivity contribution in [3.05, 3.63) is 22.3 Å². The Morgan fingerprint density at radius 1 is 0.806 bits per heavy atom. The second kappa shape index (κ2) is 11.6. The maximum atomic E-state index is 10.4. The van der Waals surface area contributed by atoms with Crippen LogP contribution in [0.3, 0.4) is 0 Å². The van der Waals surface area contributed by atoms with E-state index in [0.717, 1.165) is 47.7 Å². The molecule has 1 aliphatic heterocycles. The van der Waals surface area contributed by atoms with Gasteiger partial charge in [0.2, 0.25) is 0 Å². The Hall–Kier alpha value is -1.18. The summed E-state index contributed by atoms with van der Waals surface area (Å²) in [5.74, 6) is 3.91. The minimum atomic E-state index is 0.207. The average molecular weight is 431 g/mol. The molecule has 3 atom stereocenters. The van der Waals surface area contributed by atoms with Crippen molar-refractivity contribution in [2.45, 2.75) is 120 Å². The van der Waals surface area contributed by atoms with E-state index in [1.165, 1.54) is 68.9 Å². The van der Waals surface area contributed by atoms with Gasteiger partial charge in [-0.05, 0) is 68.1 Å². The van der Waals surface area contributed by atoms with Gasteiger partial charge in [-0.2, -0.15) is 0 Å². The average Bonchev–Trinajstić information content (AvgIpc) is 2.70. The molecule has 1 aromatic carbocycles. The van der Waals surface area contributed by atoms with E-state index in [1.54, 1.807) is 0 Å². The molecule has 1 aromatic rings. The van der Waals surface area contributed by atoms with Crippen molar-refractivity contribution in [3.63, 3.8) is 0 Å². The zero-order chi connectivity index (χ0) is 23.2. The van der Waals surface area contributed by atoms with Crippen LogP contribution in [-0.2, 0) is 6.42 Å². The van der Waals surface area contributed by atoms with Gasteiger partial charge in [-0.15, -0.1) is 0 Å². The van der Waals surface area contributed by atoms with Crippen LogP contribution in [0.15, 0.2) is 0 Å². The van der Waals surface area contributed by atoms with Crippen LogP contribution in [0, 0.1) is 43.9 Å². The van der Waals surface area contributed by atoms with Crippen molar-refractivity contribution in [1.82, 2.24) is 0 Å². The fraction of sp³-hybridized carbons (Fsp3) is 0.793. The summed E-state index contributed by atoms with van der Waals surface area (Å²) in [5, 5.41) is 10.4. The Morgan fingerprint density at radius 2 is 1.35 bits per heavy atom. The number of fused-ring (bicyclic) bond motifs is 1. The molecular formula is C29H50O2. The SMILES string of the molecule is Cc1c(C)c2c(c(C)c1O)OCC(C)(CCCC(C)CCCC(C)CCCC(C)C)C2. The molecule has 2 nitrogen and oxygen atoms in total. The smallest absolute Gasteiger partial charge is 0.129 e. The molecule has 0 saturated heterocycles. The number of phenols is 1. The van der Waals surface area contributed by atoms with Crippen LogP contribution >= 0.6 is 0 Å². The summed E-state index contributed by atoms with van der Waals surface area (Å²) in [7, 11) is 0. The van der Waals surface area contributed by atoms with Crippen LogP contribution in [0.4, 0.5) is 0 Å². The zero-order valence-electron chi connectivity index (χ0n) is 21.9. The van der Waals surface area contributed by atoms with Crippen LogP contribution in [0.5, 0.6) is 11.5 Å². The molecule has 0 bridgehead atoms. The van der Waals surface area contributed by atoms with Gasteiger partial charge in [0.1, 0.15) is 11.5 Å². The van der Waals surface area contributed by atoms with Gasteiger partial charge in [-0.3, -0.25) is 0 Å². The van der Waals surface area contributed by atoms with Gasteiger partial charge in [0.15, 0.2) is 0 Å². The van der Waals surface area contributed by atoms with Crippen molar-refractivity contribution in [2.24, 2.45) is 23.2 Å². The van der Waals surface area contributed by atoms with E-state index in [-0.39, 0.29) is 5.41 Å². The summed E-state index contributed by atoms with van der Waals surface area (Å²) in [5.41, 5.74) is 4.66. The summed E-state index contributed by atoms with van der Waals surface area (Å²) in [6, 6.07) is 0. The van der Waals surface area contributed by atoms with Gasteiger partial charge in [-0.1, -0.05) is 86.0 Å². The standard InChI is InChI=1S/C29H50O2/c1-20(2)12-9-13-21(3)14-10-15-22(4)16-11-17-29(8)18-26-23(5)24(6)27(30)25(7)28(26)31-19-29/h20-22,30H,9-19H2,1-8H3. The Kier molecular flexibility index (Phi) is 9.77. The third-order valence-corrected chi connectivity index (χ3v) is 7.86. The normalized spacial score (nSPS) is 20.4. The monoisotopic (exact) mass is 430 g/mol. The summed E-state index contributed by atoms with van der Waals surface area (Å²) in [6.07, 6.45) is 13.3. The Balaban J connectivity index is 1.74. The lowest BCUT2D eigenvalue weighted by atomic mass is 9.75. The summed E-state index contributed by atoms with van der Waals surface area (Å²) < 4.78 is 6.22. The van der Waals surface area contributed by atoms with Crippen molar-refractivity contribution in [3.8, 4) is 11.5 Å². The second-order valence-electron chi connectivity index (χ2n) is 11.7. The molecule has 0 fully saturated rings. The highest BCUT2D eigenvalue weighted by Gasteiger charge is 2.34. The highest BCUT2D eigenvalue weighted by atomic mass is 16.5. The van der Waals surface area contributed by atoms with Gasteiger partial charge in [0.25, 0.3) is 0 Å². The zero-order valence-corrected chi connectivity index (χ0v) is 21.9. The first-order chi connectivity index (χ1) is 14.5. The molecule has 1 heterocycles. The maximum Gasteiger partial charge on any atom is 0.129 e. The first-order valence-electron chi connectivity index (χ1n) is 13.0. The number of hydrogen-bond donors (Lipinski definition) is 1. The van der Waals surface area contributed by atoms with E-state index < -0.39 is 0 Å². The van der Waals surface area contributed by atoms with E-state index in [1.807, 2.05) is 13.8 Å². The Morgan fingerprint density at radius 3 is 1.94 bits per heavy atom. The van der Waals surface area contributed by atoms with Crippen LogP contribution < -0.4 is 4.74 Å². The molecular weight excluding hydrogens is 380 g/mol. The van der Waals surface area contributed by atoms with Crippen LogP contribution in [-0.4, -0.2) is 11.7 Å². The van der Waals surface area contributed by atoms with Gasteiger partial charge in [-0.25, -0.2) is 0 Å². The number of aromatic hydroxyl groups is 1. The highest BCUT2D eigenvalue weighted by Crippen LogP contribution is 2.45. The van der Waals surface area contributed by atoms with Crippen LogP contribution in [0.25, 0.3) is 0 Å². The number of hydrogen-bond acceptors (Lipinski definition) is 2. The molecule has 0 radical (unpaired) electrons. The van der Waals surface area contributed by atoms with Crippen molar-refractivity contribution in [1.29, 1.82) is 0 Å². The molecule has 1 aliphatic rings. The molecule has 31 heavy (non-hydrogen) atoms. The van der Waals surface area contributed by atoms with E-state index in [2.05, 4.69) is 41.5 Å². The number of phenolic OH excluding ortho intramolecular Hbond substituents is 1. The van der Waals surface area contributed by atoms with Crippen molar-refractivity contribution in [2.75, 3.05) is 6.61 Å². The quantitative estimate of drug-likeness (QED) is 0.359. The fourth-order valence-corrected chi connectivity index (χ4v) is 5.34. The first-order valence-corrected chi connectivity index (χ1v) is 13.0. The Bertz CT molecular complexity index is 705. The third-order valence-electron chi connectivity index (χ3n) is 7.86. The summed E-state index contributed by atoms with van der Waals surface area (Å²) >= 11 is 0. The molecule has 1 N–H and O–H groups in total. The first kappa shape index (κ1) is 26.1. The molecule has 0 saturated carbocycles. The lowest BCUT2D eigenvalue weighted by Gasteiger charge is -2.37. The minimum Gasteiger partial charge on any atom is -0.507 e. The van der Waals surface area contributed by atoms with Gasteiger partial charge < -0.3 is 9.84 Å². The van der Waals surface area contributed by atoms with Crippen molar-refractivity contribution >= 4 is 0 Å². The largest absolute Gasteiger partial charge is 0.507 e. The molecule has 0 aliphatic carbocycles. The number of benzene rings is 1. The van der Waals surface area contributed by atoms with Gasteiger partial charge >= 0.3 is 0 Å². The lowest BCUT2D eigenvalue weighted by molar-refractivity contribution is 0.121. The molecule has 2 heteroatoms. The maximum absolute atomic E-state index is 10.4. The number of rotatable bonds is 12. The molecule has 0 spiro atoms. The third kappa shape index (κ3) is 7.43. The summed E-state index contributed by atoms with van der Waals surface area (Å²) in [4.78, 5) is 0. The van der Waals surface area contributed by atoms with Crippen LogP contribution in [0.2, 0.25) is 0 Å². The molecule has 0 aromatic heterocycles. The van der Waals surface area contributed by atoms with E-state index in [9.17, 15) is 5.11 Å². The molecule has 2 rings (SSSR count). The molecule has 3 unspecified atom stereocenters. The van der Waals surface area contributed by atoms with Crippen molar-refractivity contribution < 1.29 is 9.84 Å². The van der Waals surface area contributed by atoms with Gasteiger partial charge in [0, 0.05) is 11.0 Å². The molecule has 0 amide bonds. The van der Waals surface area contributed by atoms with E-state index in [4.69, 9.17) is 4.74 Å². The lowest BCUT2D eigenvalue weighted by Crippen LogP contribution is -2.33. The number of ether oxygens (including phenoxy) is 1. The predicted octanol–water partition coefficient (Wildman–Crippen LogP) is 8.70. The minimum absolute atomic E-state index is 0.207. The van der Waals surface area contributed by atoms with E-state index >= 15 is 0 Å². The topological polar surface area (TPSA) is 29.5 Å². The molecule has 178 valence electrons. The Labute approximate surface area is 193 Å². The predicted molar refractivity (Wildman–Crippen MR) is 134 cm³/mol. The van der Waals surface area contributed by atoms with Crippen LogP contribution in [0.1, 0.15) is 115 Å². The second-order valence-corrected chi connectivity index (χ2v) is 11.7. The highest BCUT2D eigenvalue weighted by molar-refractivity contribution is 5.58. The fourth-order valence-electron chi connectivity index (χ4n) is 5.34.